The minimum Gasteiger partial charge on any atom is -0.309 e. The van der Waals surface area contributed by atoms with E-state index >= 15 is 0 Å². The molecule has 0 amide bonds. The summed E-state index contributed by atoms with van der Waals surface area (Å²) >= 11 is 5.53. The number of benzene rings is 1. The lowest BCUT2D eigenvalue weighted by atomic mass is 10.1. The molecule has 0 fully saturated rings. The second-order valence-electron chi connectivity index (χ2n) is 3.38. The topological polar surface area (TPSA) is 12.0 Å². The molecule has 0 aliphatic carbocycles. The fourth-order valence-electron chi connectivity index (χ4n) is 1.51. The Balaban J connectivity index is 2.39. The van der Waals surface area contributed by atoms with Crippen LogP contribution < -0.4 is 5.32 Å². The van der Waals surface area contributed by atoms with Crippen molar-refractivity contribution in [2.24, 2.45) is 0 Å². The van der Waals surface area contributed by atoms with Crippen LogP contribution in [-0.4, -0.2) is 12.4 Å². The van der Waals surface area contributed by atoms with Crippen LogP contribution in [0.4, 0.5) is 0 Å². The first-order valence-corrected chi connectivity index (χ1v) is 5.90. The highest BCUT2D eigenvalue weighted by atomic mass is 35.5. The Morgan fingerprint density at radius 1 is 1.20 bits per heavy atom. The number of nitrogens with one attached hydrogen (secondary N) is 1. The van der Waals surface area contributed by atoms with Crippen molar-refractivity contribution in [3.8, 4) is 0 Å². The molecule has 0 heterocycles. The maximum atomic E-state index is 5.53. The second kappa shape index (κ2) is 7.49. The number of hydrogen-bond donors (Lipinski definition) is 1. The predicted octanol–water partition coefficient (Wildman–Crippen LogP) is 3.13. The molecule has 0 aromatic heterocycles. The molecule has 82 valence electrons. The minimum absolute atomic E-state index is 0.591. The van der Waals surface area contributed by atoms with Gasteiger partial charge in [0.25, 0.3) is 0 Å². The molecule has 1 nitrogen and oxygen atoms in total. The van der Waals surface area contributed by atoms with Gasteiger partial charge in [0, 0.05) is 19.0 Å². The van der Waals surface area contributed by atoms with Gasteiger partial charge >= 0.3 is 0 Å². The Hall–Kier alpha value is -0.790. The van der Waals surface area contributed by atoms with Gasteiger partial charge in [0.1, 0.15) is 0 Å². The SMILES string of the molecule is CCc1ccccc1CNC/C=C/CCl. The van der Waals surface area contributed by atoms with Crippen LogP contribution in [0.2, 0.25) is 0 Å². The molecule has 0 radical (unpaired) electrons. The molecule has 0 spiro atoms. The van der Waals surface area contributed by atoms with Crippen molar-refractivity contribution < 1.29 is 0 Å². The zero-order valence-corrected chi connectivity index (χ0v) is 9.93. The molecule has 0 saturated carbocycles. The first kappa shape index (κ1) is 12.3. The van der Waals surface area contributed by atoms with Crippen LogP contribution in [0.15, 0.2) is 36.4 Å². The van der Waals surface area contributed by atoms with Crippen molar-refractivity contribution in [3.63, 3.8) is 0 Å². The first-order valence-electron chi connectivity index (χ1n) is 5.37. The summed E-state index contributed by atoms with van der Waals surface area (Å²) in [6, 6.07) is 8.54. The van der Waals surface area contributed by atoms with Gasteiger partial charge in [-0.25, -0.2) is 0 Å². The summed E-state index contributed by atoms with van der Waals surface area (Å²) < 4.78 is 0. The van der Waals surface area contributed by atoms with E-state index in [9.17, 15) is 0 Å². The van der Waals surface area contributed by atoms with Crippen LogP contribution in [-0.2, 0) is 13.0 Å². The van der Waals surface area contributed by atoms with Crippen LogP contribution in [0.25, 0.3) is 0 Å². The van der Waals surface area contributed by atoms with Gasteiger partial charge in [-0.2, -0.15) is 0 Å². The van der Waals surface area contributed by atoms with Crippen LogP contribution in [0.5, 0.6) is 0 Å². The van der Waals surface area contributed by atoms with Gasteiger partial charge in [0.15, 0.2) is 0 Å². The highest BCUT2D eigenvalue weighted by Crippen LogP contribution is 2.08. The quantitative estimate of drug-likeness (QED) is 0.444. The molecule has 0 bridgehead atoms. The van der Waals surface area contributed by atoms with Crippen molar-refractivity contribution >= 4 is 11.6 Å². The molecule has 1 N–H and O–H groups in total. The van der Waals surface area contributed by atoms with Gasteiger partial charge in [-0.05, 0) is 17.5 Å². The van der Waals surface area contributed by atoms with E-state index in [1.54, 1.807) is 0 Å². The molecule has 1 rings (SSSR count). The number of aryl methyl sites for hydroxylation is 1. The van der Waals surface area contributed by atoms with E-state index < -0.39 is 0 Å². The average molecular weight is 224 g/mol. The lowest BCUT2D eigenvalue weighted by Gasteiger charge is -2.07. The van der Waals surface area contributed by atoms with E-state index in [1.807, 2.05) is 6.08 Å². The molecule has 1 aromatic rings. The Kier molecular flexibility index (Phi) is 6.14. The van der Waals surface area contributed by atoms with E-state index in [0.29, 0.717) is 5.88 Å². The molecule has 0 aliphatic heterocycles. The zero-order chi connectivity index (χ0) is 10.9. The lowest BCUT2D eigenvalue weighted by molar-refractivity contribution is 0.751. The summed E-state index contributed by atoms with van der Waals surface area (Å²) in [6.07, 6.45) is 5.11. The molecular weight excluding hydrogens is 206 g/mol. The van der Waals surface area contributed by atoms with Crippen molar-refractivity contribution in [2.75, 3.05) is 12.4 Å². The summed E-state index contributed by atoms with van der Waals surface area (Å²) in [5.74, 6) is 0.591. The smallest absolute Gasteiger partial charge is 0.0404 e. The number of halogens is 1. The standard InChI is InChI=1S/C13H18ClN/c1-2-12-7-3-4-8-13(12)11-15-10-6-5-9-14/h3-8,15H,2,9-11H2,1H3/b6-5+. The minimum atomic E-state index is 0.591. The van der Waals surface area contributed by atoms with Crippen LogP contribution in [0, 0.1) is 0 Å². The highest BCUT2D eigenvalue weighted by molar-refractivity contribution is 6.18. The third-order valence-electron chi connectivity index (χ3n) is 2.33. The number of hydrogen-bond acceptors (Lipinski definition) is 1. The fourth-order valence-corrected chi connectivity index (χ4v) is 1.64. The third-order valence-corrected chi connectivity index (χ3v) is 2.51. The summed E-state index contributed by atoms with van der Waals surface area (Å²) in [7, 11) is 0. The lowest BCUT2D eigenvalue weighted by Crippen LogP contribution is -2.14. The first-order chi connectivity index (χ1) is 7.38. The van der Waals surface area contributed by atoms with Crippen LogP contribution in [0.1, 0.15) is 18.1 Å². The normalized spacial score (nSPS) is 11.1. The van der Waals surface area contributed by atoms with E-state index in [0.717, 1.165) is 19.5 Å². The summed E-state index contributed by atoms with van der Waals surface area (Å²) in [4.78, 5) is 0. The van der Waals surface area contributed by atoms with E-state index in [2.05, 4.69) is 42.6 Å². The van der Waals surface area contributed by atoms with Crippen LogP contribution >= 0.6 is 11.6 Å². The molecule has 0 aliphatic rings. The molecular formula is C13H18ClN. The fraction of sp³-hybridized carbons (Fsp3) is 0.385. The molecule has 1 aromatic carbocycles. The number of allylic oxidation sites excluding steroid dienone is 1. The Bertz CT molecular complexity index is 307. The van der Waals surface area contributed by atoms with Gasteiger partial charge < -0.3 is 5.32 Å². The largest absolute Gasteiger partial charge is 0.309 e. The monoisotopic (exact) mass is 223 g/mol. The van der Waals surface area contributed by atoms with Gasteiger partial charge in [-0.1, -0.05) is 43.3 Å². The molecule has 2 heteroatoms. The maximum Gasteiger partial charge on any atom is 0.0404 e. The van der Waals surface area contributed by atoms with Gasteiger partial charge in [0.2, 0.25) is 0 Å². The van der Waals surface area contributed by atoms with Crippen molar-refractivity contribution in [3.05, 3.63) is 47.5 Å². The highest BCUT2D eigenvalue weighted by Gasteiger charge is 1.97. The number of alkyl halides is 1. The average Bonchev–Trinajstić information content (AvgIpc) is 2.29. The van der Waals surface area contributed by atoms with E-state index in [-0.39, 0.29) is 0 Å². The number of rotatable bonds is 6. The Labute approximate surface area is 97.1 Å². The molecule has 0 unspecified atom stereocenters. The molecule has 15 heavy (non-hydrogen) atoms. The van der Waals surface area contributed by atoms with E-state index in [4.69, 9.17) is 11.6 Å². The van der Waals surface area contributed by atoms with Crippen molar-refractivity contribution in [1.82, 2.24) is 5.32 Å². The summed E-state index contributed by atoms with van der Waals surface area (Å²) in [5.41, 5.74) is 2.81. The summed E-state index contributed by atoms with van der Waals surface area (Å²) in [5, 5.41) is 3.37. The Morgan fingerprint density at radius 2 is 1.93 bits per heavy atom. The molecule has 0 saturated heterocycles. The predicted molar refractivity (Wildman–Crippen MR) is 67.4 cm³/mol. The maximum absolute atomic E-state index is 5.53. The zero-order valence-electron chi connectivity index (χ0n) is 9.17. The van der Waals surface area contributed by atoms with Gasteiger partial charge in [0.05, 0.1) is 0 Å². The van der Waals surface area contributed by atoms with Gasteiger partial charge in [-0.3, -0.25) is 0 Å². The van der Waals surface area contributed by atoms with Gasteiger partial charge in [-0.15, -0.1) is 11.6 Å². The van der Waals surface area contributed by atoms with Crippen molar-refractivity contribution in [2.45, 2.75) is 19.9 Å². The molecule has 0 atom stereocenters. The van der Waals surface area contributed by atoms with E-state index in [1.165, 1.54) is 11.1 Å². The second-order valence-corrected chi connectivity index (χ2v) is 3.69. The Morgan fingerprint density at radius 3 is 2.60 bits per heavy atom. The third kappa shape index (κ3) is 4.50. The van der Waals surface area contributed by atoms with Crippen molar-refractivity contribution in [1.29, 1.82) is 0 Å². The summed E-state index contributed by atoms with van der Waals surface area (Å²) in [6.45, 7) is 3.99. The van der Waals surface area contributed by atoms with Crippen LogP contribution in [0.3, 0.4) is 0 Å².